The first-order valence-corrected chi connectivity index (χ1v) is 11.7. The Hall–Kier alpha value is -3.14. The van der Waals surface area contributed by atoms with Gasteiger partial charge in [0.05, 0.1) is 12.8 Å². The van der Waals surface area contributed by atoms with Gasteiger partial charge in [0.1, 0.15) is 17.2 Å². The summed E-state index contributed by atoms with van der Waals surface area (Å²) in [6, 6.07) is 4.84. The van der Waals surface area contributed by atoms with Crippen molar-refractivity contribution in [2.24, 2.45) is 0 Å². The standard InChI is InChI=1S/C25H25F4N3O3/c26-18-12-30-23-22(21-16(13-33)2-1-3-19(21)31-23)20(18)14-8-10-32(11-9-14)24(34)15-4-6-17(7-5-15)35-25(27,28)29/h4-7,12,14,16,33H,1-3,8-11,13H2,(H,30,31). The zero-order valence-corrected chi connectivity index (χ0v) is 18.9. The lowest BCUT2D eigenvalue weighted by atomic mass is 9.81. The number of benzene rings is 1. The quantitative estimate of drug-likeness (QED) is 0.502. The maximum absolute atomic E-state index is 15.1. The molecule has 0 spiro atoms. The maximum atomic E-state index is 15.1. The van der Waals surface area contributed by atoms with E-state index in [0.29, 0.717) is 37.1 Å². The zero-order valence-electron chi connectivity index (χ0n) is 18.9. The van der Waals surface area contributed by atoms with E-state index < -0.39 is 6.36 Å². The summed E-state index contributed by atoms with van der Waals surface area (Å²) in [6.07, 6.45) is 0.149. The fraction of sp³-hybridized carbons (Fsp3) is 0.440. The van der Waals surface area contributed by atoms with E-state index in [1.165, 1.54) is 18.3 Å². The van der Waals surface area contributed by atoms with Crippen molar-refractivity contribution in [3.63, 3.8) is 0 Å². The summed E-state index contributed by atoms with van der Waals surface area (Å²) in [5, 5.41) is 10.7. The molecule has 0 radical (unpaired) electrons. The van der Waals surface area contributed by atoms with Crippen LogP contribution in [-0.4, -0.2) is 51.9 Å². The van der Waals surface area contributed by atoms with Crippen LogP contribution in [0, 0.1) is 5.82 Å². The van der Waals surface area contributed by atoms with Crippen LogP contribution >= 0.6 is 0 Å². The summed E-state index contributed by atoms with van der Waals surface area (Å²) >= 11 is 0. The second kappa shape index (κ2) is 9.14. The number of nitrogens with one attached hydrogen (secondary N) is 1. The number of rotatable bonds is 4. The van der Waals surface area contributed by atoms with Crippen LogP contribution in [-0.2, 0) is 6.42 Å². The van der Waals surface area contributed by atoms with Gasteiger partial charge in [-0.1, -0.05) is 0 Å². The number of likely N-dealkylation sites (tertiary alicyclic amines) is 1. The molecule has 1 fully saturated rings. The number of piperidine rings is 1. The Morgan fingerprint density at radius 3 is 2.51 bits per heavy atom. The number of ether oxygens (including phenoxy) is 1. The van der Waals surface area contributed by atoms with E-state index in [9.17, 15) is 23.1 Å². The van der Waals surface area contributed by atoms with E-state index in [1.54, 1.807) is 4.90 Å². The smallest absolute Gasteiger partial charge is 0.406 e. The van der Waals surface area contributed by atoms with E-state index in [0.717, 1.165) is 48.0 Å². The van der Waals surface area contributed by atoms with Gasteiger partial charge >= 0.3 is 6.36 Å². The summed E-state index contributed by atoms with van der Waals surface area (Å²) in [7, 11) is 0. The van der Waals surface area contributed by atoms with Gasteiger partial charge < -0.3 is 19.7 Å². The molecule has 5 rings (SSSR count). The SMILES string of the molecule is O=C(c1ccc(OC(F)(F)F)cc1)N1CCC(c2c(F)cnc3[nH]c4c(c23)C(CO)CCC4)CC1. The lowest BCUT2D eigenvalue weighted by Crippen LogP contribution is -2.38. The number of aromatic nitrogens is 2. The predicted molar refractivity (Wildman–Crippen MR) is 120 cm³/mol. The topological polar surface area (TPSA) is 78.5 Å². The van der Waals surface area contributed by atoms with Crippen LogP contribution in [0.25, 0.3) is 11.0 Å². The van der Waals surface area contributed by atoms with Crippen molar-refractivity contribution in [1.82, 2.24) is 14.9 Å². The lowest BCUT2D eigenvalue weighted by molar-refractivity contribution is -0.274. The molecule has 3 heterocycles. The number of amides is 1. The van der Waals surface area contributed by atoms with Crippen molar-refractivity contribution < 1.29 is 32.2 Å². The Bertz CT molecular complexity index is 1230. The molecule has 1 aromatic carbocycles. The summed E-state index contributed by atoms with van der Waals surface area (Å²) in [5.41, 5.74) is 3.46. The van der Waals surface area contributed by atoms with E-state index in [1.807, 2.05) is 0 Å². The highest BCUT2D eigenvalue weighted by Gasteiger charge is 2.33. The third-order valence-electron chi connectivity index (χ3n) is 7.07. The van der Waals surface area contributed by atoms with Crippen LogP contribution in [0.3, 0.4) is 0 Å². The van der Waals surface area contributed by atoms with Crippen molar-refractivity contribution in [2.45, 2.75) is 50.3 Å². The fourth-order valence-corrected chi connectivity index (χ4v) is 5.48. The van der Waals surface area contributed by atoms with Crippen molar-refractivity contribution >= 4 is 16.9 Å². The Kier molecular flexibility index (Phi) is 6.16. The van der Waals surface area contributed by atoms with Gasteiger partial charge in [0.15, 0.2) is 0 Å². The Morgan fingerprint density at radius 2 is 1.86 bits per heavy atom. The fourth-order valence-electron chi connectivity index (χ4n) is 5.48. The largest absolute Gasteiger partial charge is 0.573 e. The van der Waals surface area contributed by atoms with Crippen molar-refractivity contribution in [1.29, 1.82) is 0 Å². The molecule has 1 aliphatic heterocycles. The van der Waals surface area contributed by atoms with E-state index in [2.05, 4.69) is 14.7 Å². The van der Waals surface area contributed by atoms with E-state index in [4.69, 9.17) is 0 Å². The number of hydrogen-bond donors (Lipinski definition) is 2. The minimum atomic E-state index is -4.79. The number of aryl methyl sites for hydroxylation is 1. The lowest BCUT2D eigenvalue weighted by Gasteiger charge is -2.33. The summed E-state index contributed by atoms with van der Waals surface area (Å²) in [5.74, 6) is -1.23. The van der Waals surface area contributed by atoms with Gasteiger partial charge in [0.25, 0.3) is 5.91 Å². The van der Waals surface area contributed by atoms with E-state index >= 15 is 4.39 Å². The molecule has 1 amide bonds. The van der Waals surface area contributed by atoms with Crippen molar-refractivity contribution in [3.8, 4) is 5.75 Å². The second-order valence-electron chi connectivity index (χ2n) is 9.17. The summed E-state index contributed by atoms with van der Waals surface area (Å²) in [6.45, 7) is 0.781. The highest BCUT2D eigenvalue weighted by molar-refractivity contribution is 5.94. The predicted octanol–water partition coefficient (Wildman–Crippen LogP) is 5.03. The number of aromatic amines is 1. The van der Waals surface area contributed by atoms with Crippen LogP contribution in [0.1, 0.15) is 64.7 Å². The minimum absolute atomic E-state index is 0.00431. The molecular formula is C25H25F4N3O3. The molecule has 1 aliphatic carbocycles. The maximum Gasteiger partial charge on any atom is 0.573 e. The molecule has 35 heavy (non-hydrogen) atoms. The highest BCUT2D eigenvalue weighted by atomic mass is 19.4. The van der Waals surface area contributed by atoms with Crippen molar-refractivity contribution in [2.75, 3.05) is 19.7 Å². The normalized spacial score (nSPS) is 19.1. The third-order valence-corrected chi connectivity index (χ3v) is 7.07. The van der Waals surface area contributed by atoms with Gasteiger partial charge in [0, 0.05) is 41.2 Å². The molecule has 6 nitrogen and oxygen atoms in total. The number of halogens is 4. The first-order valence-electron chi connectivity index (χ1n) is 11.7. The van der Waals surface area contributed by atoms with Gasteiger partial charge in [-0.15, -0.1) is 13.2 Å². The highest BCUT2D eigenvalue weighted by Crippen LogP contribution is 2.42. The van der Waals surface area contributed by atoms with Crippen LogP contribution in [0.15, 0.2) is 30.5 Å². The van der Waals surface area contributed by atoms with Crippen molar-refractivity contribution in [3.05, 3.63) is 58.7 Å². The monoisotopic (exact) mass is 491 g/mol. The molecule has 2 N–H and O–H groups in total. The van der Waals surface area contributed by atoms with Gasteiger partial charge in [-0.25, -0.2) is 9.37 Å². The second-order valence-corrected chi connectivity index (χ2v) is 9.17. The number of aliphatic hydroxyl groups excluding tert-OH is 1. The van der Waals surface area contributed by atoms with Crippen LogP contribution in [0.2, 0.25) is 0 Å². The zero-order chi connectivity index (χ0) is 24.7. The number of nitrogens with zero attached hydrogens (tertiary/aromatic N) is 2. The number of aliphatic hydroxyl groups is 1. The van der Waals surface area contributed by atoms with Crippen LogP contribution in [0.4, 0.5) is 17.6 Å². The molecule has 186 valence electrons. The molecule has 1 atom stereocenters. The first-order chi connectivity index (χ1) is 16.7. The Labute approximate surface area is 198 Å². The van der Waals surface area contributed by atoms with E-state index in [-0.39, 0.29) is 41.5 Å². The number of carbonyl (C=O) groups is 1. The average molecular weight is 491 g/mol. The number of pyridine rings is 1. The van der Waals surface area contributed by atoms with Crippen LogP contribution < -0.4 is 4.74 Å². The summed E-state index contributed by atoms with van der Waals surface area (Å²) in [4.78, 5) is 22.1. The number of hydrogen-bond acceptors (Lipinski definition) is 4. The third kappa shape index (κ3) is 4.59. The number of alkyl halides is 3. The summed E-state index contributed by atoms with van der Waals surface area (Å²) < 4.78 is 56.1. The molecule has 10 heteroatoms. The van der Waals surface area contributed by atoms with Gasteiger partial charge in [-0.2, -0.15) is 0 Å². The number of carbonyl (C=O) groups excluding carboxylic acids is 1. The van der Waals surface area contributed by atoms with Gasteiger partial charge in [-0.3, -0.25) is 4.79 Å². The Morgan fingerprint density at radius 1 is 1.14 bits per heavy atom. The van der Waals surface area contributed by atoms with Crippen LogP contribution in [0.5, 0.6) is 5.75 Å². The molecule has 0 saturated carbocycles. The number of H-pyrrole nitrogens is 1. The first kappa shape index (κ1) is 23.6. The van der Waals surface area contributed by atoms with Gasteiger partial charge in [-0.05, 0) is 67.9 Å². The molecule has 2 aliphatic rings. The molecule has 2 aromatic heterocycles. The molecule has 0 bridgehead atoms. The molecule has 1 unspecified atom stereocenters. The molecule has 3 aromatic rings. The van der Waals surface area contributed by atoms with Gasteiger partial charge in [0.2, 0.25) is 0 Å². The minimum Gasteiger partial charge on any atom is -0.406 e. The molecular weight excluding hydrogens is 466 g/mol. The average Bonchev–Trinajstić information content (AvgIpc) is 3.22. The Balaban J connectivity index is 1.34. The number of fused-ring (bicyclic) bond motifs is 3. The molecule has 1 saturated heterocycles.